The normalized spacial score (nSPS) is 15.5. The molecule has 0 atom stereocenters. The molecule has 1 aliphatic rings. The fraction of sp³-hybridized carbons (Fsp3) is 0.280. The summed E-state index contributed by atoms with van der Waals surface area (Å²) in [7, 11) is -3.84. The zero-order valence-electron chi connectivity index (χ0n) is 18.3. The van der Waals surface area contributed by atoms with Gasteiger partial charge in [-0.2, -0.15) is 0 Å². The Morgan fingerprint density at radius 2 is 1.76 bits per heavy atom. The van der Waals surface area contributed by atoms with Crippen molar-refractivity contribution in [3.05, 3.63) is 88.7 Å². The van der Waals surface area contributed by atoms with E-state index in [1.54, 1.807) is 36.4 Å². The number of anilines is 1. The molecule has 0 unspecified atom stereocenters. The number of hydrogen-bond acceptors (Lipinski definition) is 4. The lowest BCUT2D eigenvalue weighted by Gasteiger charge is -2.39. The van der Waals surface area contributed by atoms with E-state index in [2.05, 4.69) is 4.90 Å². The molecular formula is C25H26ClFN2O3S. The molecule has 5 nitrogen and oxygen atoms in total. The number of halogens is 2. The van der Waals surface area contributed by atoms with E-state index >= 15 is 0 Å². The van der Waals surface area contributed by atoms with Gasteiger partial charge >= 0.3 is 0 Å². The van der Waals surface area contributed by atoms with E-state index in [0.717, 1.165) is 11.1 Å². The highest BCUT2D eigenvalue weighted by Crippen LogP contribution is 2.32. The number of rotatable bonds is 6. The standard InChI is InChI=1S/C25H26ClFN2O3S/c1-18-3-2-4-24(15-18)33(31,32)29(22-8-6-21(27)7-9-22)23-11-13-28(14-12-23)17-19-16-20(26)5-10-25(19)30/h2-10,15-16,23,30H,11-14,17H2,1H3. The number of phenols is 1. The molecular weight excluding hydrogens is 463 g/mol. The van der Waals surface area contributed by atoms with Crippen LogP contribution in [-0.2, 0) is 16.6 Å². The van der Waals surface area contributed by atoms with Crippen LogP contribution in [0.3, 0.4) is 0 Å². The molecule has 0 aliphatic carbocycles. The number of nitrogens with zero attached hydrogens (tertiary/aromatic N) is 2. The van der Waals surface area contributed by atoms with Gasteiger partial charge in [0.25, 0.3) is 10.0 Å². The van der Waals surface area contributed by atoms with Gasteiger partial charge in [0.05, 0.1) is 10.6 Å². The Kier molecular flexibility index (Phi) is 6.93. The van der Waals surface area contributed by atoms with Crippen LogP contribution in [0.5, 0.6) is 5.75 Å². The Morgan fingerprint density at radius 3 is 2.42 bits per heavy atom. The van der Waals surface area contributed by atoms with Gasteiger partial charge in [0.2, 0.25) is 0 Å². The van der Waals surface area contributed by atoms with E-state index in [4.69, 9.17) is 11.6 Å². The molecule has 1 aliphatic heterocycles. The van der Waals surface area contributed by atoms with E-state index in [1.807, 2.05) is 13.0 Å². The van der Waals surface area contributed by atoms with Crippen LogP contribution in [0.2, 0.25) is 5.02 Å². The summed E-state index contributed by atoms with van der Waals surface area (Å²) >= 11 is 6.07. The minimum Gasteiger partial charge on any atom is -0.508 e. The third-order valence-corrected chi connectivity index (χ3v) is 8.06. The van der Waals surface area contributed by atoms with Crippen molar-refractivity contribution in [3.63, 3.8) is 0 Å². The maximum Gasteiger partial charge on any atom is 0.264 e. The molecule has 0 amide bonds. The van der Waals surface area contributed by atoms with Gasteiger partial charge in [-0.1, -0.05) is 23.7 Å². The second-order valence-corrected chi connectivity index (χ2v) is 10.6. The monoisotopic (exact) mass is 488 g/mol. The Balaban J connectivity index is 1.58. The zero-order chi connectivity index (χ0) is 23.6. The van der Waals surface area contributed by atoms with Gasteiger partial charge in [-0.3, -0.25) is 9.21 Å². The van der Waals surface area contributed by atoms with Crippen molar-refractivity contribution in [2.45, 2.75) is 37.2 Å². The van der Waals surface area contributed by atoms with Gasteiger partial charge in [-0.05, 0) is 79.9 Å². The Hall–Kier alpha value is -2.61. The Labute approximate surface area is 199 Å². The number of aryl methyl sites for hydroxylation is 1. The van der Waals surface area contributed by atoms with Crippen LogP contribution in [0.15, 0.2) is 71.6 Å². The van der Waals surface area contributed by atoms with E-state index < -0.39 is 15.8 Å². The van der Waals surface area contributed by atoms with Crippen molar-refractivity contribution in [3.8, 4) is 5.75 Å². The summed E-state index contributed by atoms with van der Waals surface area (Å²) in [6.45, 7) is 3.68. The van der Waals surface area contributed by atoms with Crippen molar-refractivity contribution in [1.29, 1.82) is 0 Å². The summed E-state index contributed by atoms with van der Waals surface area (Å²) < 4.78 is 42.4. The molecule has 1 N–H and O–H groups in total. The number of piperidine rings is 1. The number of benzene rings is 3. The number of hydrogen-bond donors (Lipinski definition) is 1. The Bertz CT molecular complexity index is 1230. The summed E-state index contributed by atoms with van der Waals surface area (Å²) in [5, 5.41) is 10.7. The van der Waals surface area contributed by atoms with Gasteiger partial charge < -0.3 is 5.11 Å². The maximum absolute atomic E-state index is 13.7. The minimum atomic E-state index is -3.84. The fourth-order valence-corrected chi connectivity index (χ4v) is 6.27. The van der Waals surface area contributed by atoms with Crippen molar-refractivity contribution in [2.24, 2.45) is 0 Å². The molecule has 1 heterocycles. The number of likely N-dealkylation sites (tertiary alicyclic amines) is 1. The predicted octanol–water partition coefficient (Wildman–Crippen LogP) is 5.35. The highest BCUT2D eigenvalue weighted by molar-refractivity contribution is 7.92. The number of sulfonamides is 1. The van der Waals surface area contributed by atoms with Crippen LogP contribution in [0.25, 0.3) is 0 Å². The summed E-state index contributed by atoms with van der Waals surface area (Å²) in [5.74, 6) is -0.223. The summed E-state index contributed by atoms with van der Waals surface area (Å²) in [5.41, 5.74) is 2.04. The SMILES string of the molecule is Cc1cccc(S(=O)(=O)N(c2ccc(F)cc2)C2CCN(Cc3cc(Cl)ccc3O)CC2)c1. The average Bonchev–Trinajstić information content (AvgIpc) is 2.79. The van der Waals surface area contributed by atoms with E-state index in [0.29, 0.717) is 43.2 Å². The van der Waals surface area contributed by atoms with Gasteiger partial charge in [0, 0.05) is 36.3 Å². The van der Waals surface area contributed by atoms with Gasteiger partial charge in [0.15, 0.2) is 0 Å². The second-order valence-electron chi connectivity index (χ2n) is 8.37. The molecule has 8 heteroatoms. The van der Waals surface area contributed by atoms with Crippen LogP contribution in [0, 0.1) is 12.7 Å². The van der Waals surface area contributed by atoms with E-state index in [9.17, 15) is 17.9 Å². The first-order valence-corrected chi connectivity index (χ1v) is 12.6. The predicted molar refractivity (Wildman–Crippen MR) is 129 cm³/mol. The van der Waals surface area contributed by atoms with Gasteiger partial charge in [-0.15, -0.1) is 0 Å². The van der Waals surface area contributed by atoms with Crippen molar-refractivity contribution >= 4 is 27.3 Å². The summed E-state index contributed by atoms with van der Waals surface area (Å²) in [6.07, 6.45) is 1.20. The molecule has 0 spiro atoms. The second kappa shape index (κ2) is 9.71. The molecule has 3 aromatic carbocycles. The van der Waals surface area contributed by atoms with Crippen molar-refractivity contribution < 1.29 is 17.9 Å². The van der Waals surface area contributed by atoms with Crippen LogP contribution in [0.4, 0.5) is 10.1 Å². The first kappa shape index (κ1) is 23.5. The van der Waals surface area contributed by atoms with Gasteiger partial charge in [0.1, 0.15) is 11.6 Å². The lowest BCUT2D eigenvalue weighted by atomic mass is 10.0. The lowest BCUT2D eigenvalue weighted by molar-refractivity contribution is 0.204. The molecule has 0 radical (unpaired) electrons. The number of aromatic hydroxyl groups is 1. The largest absolute Gasteiger partial charge is 0.508 e. The molecule has 3 aromatic rings. The summed E-state index contributed by atoms with van der Waals surface area (Å²) in [4.78, 5) is 2.39. The van der Waals surface area contributed by atoms with Crippen LogP contribution in [-0.4, -0.2) is 37.6 Å². The van der Waals surface area contributed by atoms with Crippen LogP contribution >= 0.6 is 11.6 Å². The van der Waals surface area contributed by atoms with Gasteiger partial charge in [-0.25, -0.2) is 12.8 Å². The third kappa shape index (κ3) is 5.32. The fourth-order valence-electron chi connectivity index (χ4n) is 4.26. The quantitative estimate of drug-likeness (QED) is 0.508. The highest BCUT2D eigenvalue weighted by Gasteiger charge is 2.34. The zero-order valence-corrected chi connectivity index (χ0v) is 19.9. The summed E-state index contributed by atoms with van der Waals surface area (Å²) in [6, 6.07) is 17.1. The molecule has 0 aromatic heterocycles. The van der Waals surface area contributed by atoms with Crippen LogP contribution in [0.1, 0.15) is 24.0 Å². The van der Waals surface area contributed by atoms with E-state index in [1.165, 1.54) is 28.6 Å². The van der Waals surface area contributed by atoms with E-state index in [-0.39, 0.29) is 16.7 Å². The molecule has 4 rings (SSSR count). The first-order valence-electron chi connectivity index (χ1n) is 10.8. The smallest absolute Gasteiger partial charge is 0.264 e. The van der Waals surface area contributed by atoms with Crippen molar-refractivity contribution in [1.82, 2.24) is 4.90 Å². The molecule has 1 saturated heterocycles. The lowest BCUT2D eigenvalue weighted by Crippen LogP contribution is -2.47. The topological polar surface area (TPSA) is 60.9 Å². The third-order valence-electron chi connectivity index (χ3n) is 5.95. The van der Waals surface area contributed by atoms with Crippen LogP contribution < -0.4 is 4.31 Å². The minimum absolute atomic E-state index is 0.191. The Morgan fingerprint density at radius 1 is 1.06 bits per heavy atom. The highest BCUT2D eigenvalue weighted by atomic mass is 35.5. The average molecular weight is 489 g/mol. The first-order chi connectivity index (χ1) is 15.7. The molecule has 174 valence electrons. The molecule has 0 bridgehead atoms. The van der Waals surface area contributed by atoms with Crippen molar-refractivity contribution in [2.75, 3.05) is 17.4 Å². The maximum atomic E-state index is 13.7. The number of phenolic OH excluding ortho intramolecular Hbond substituents is 1. The molecule has 0 saturated carbocycles. The molecule has 1 fully saturated rings. The molecule has 33 heavy (non-hydrogen) atoms.